The molecule has 0 aromatic carbocycles. The summed E-state index contributed by atoms with van der Waals surface area (Å²) in [5.74, 6) is 0.119. The zero-order chi connectivity index (χ0) is 15.6. The fourth-order valence-corrected chi connectivity index (χ4v) is 3.55. The van der Waals surface area contributed by atoms with Crippen LogP contribution in [0.1, 0.15) is 43.8 Å². The number of aryl methyl sites for hydroxylation is 2. The number of nitrogens with one attached hydrogen (secondary N) is 2. The fourth-order valence-electron chi connectivity index (χ4n) is 2.74. The van der Waals surface area contributed by atoms with Crippen LogP contribution in [0.3, 0.4) is 0 Å². The summed E-state index contributed by atoms with van der Waals surface area (Å²) in [5.41, 5.74) is 0.749. The molecule has 1 aromatic heterocycles. The zero-order valence-corrected chi connectivity index (χ0v) is 13.8. The highest BCUT2D eigenvalue weighted by Gasteiger charge is 2.27. The normalized spacial score (nSPS) is 25.4. The number of amides is 2. The van der Waals surface area contributed by atoms with Gasteiger partial charge in [-0.3, -0.25) is 9.59 Å². The lowest BCUT2D eigenvalue weighted by molar-refractivity contribution is -0.136. The summed E-state index contributed by atoms with van der Waals surface area (Å²) in [6.45, 7) is 8.13. The Morgan fingerprint density at radius 2 is 1.86 bits per heavy atom. The van der Waals surface area contributed by atoms with E-state index in [2.05, 4.69) is 29.5 Å². The van der Waals surface area contributed by atoms with E-state index in [0.29, 0.717) is 16.8 Å². The quantitative estimate of drug-likeness (QED) is 0.825. The van der Waals surface area contributed by atoms with Gasteiger partial charge in [-0.2, -0.15) is 0 Å². The Labute approximate surface area is 129 Å². The largest absolute Gasteiger partial charge is 0.345 e. The van der Waals surface area contributed by atoms with Crippen LogP contribution in [0.5, 0.6) is 0 Å². The molecule has 0 spiro atoms. The van der Waals surface area contributed by atoms with Gasteiger partial charge < -0.3 is 10.6 Å². The Hall–Kier alpha value is -1.43. The number of rotatable bonds is 2. The highest BCUT2D eigenvalue weighted by molar-refractivity contribution is 7.16. The van der Waals surface area contributed by atoms with E-state index in [0.717, 1.165) is 30.0 Å². The van der Waals surface area contributed by atoms with Crippen molar-refractivity contribution in [3.63, 3.8) is 0 Å². The molecule has 2 N–H and O–H groups in total. The highest BCUT2D eigenvalue weighted by atomic mass is 32.1. The SMILES string of the molecule is Cc1nc(C)c(NC(=O)C(=O)NC2CCC(C)C(C)C2)s1. The van der Waals surface area contributed by atoms with Gasteiger partial charge >= 0.3 is 11.8 Å². The van der Waals surface area contributed by atoms with Gasteiger partial charge in [0.05, 0.1) is 10.7 Å². The molecule has 1 aliphatic carbocycles. The summed E-state index contributed by atoms with van der Waals surface area (Å²) in [4.78, 5) is 28.2. The van der Waals surface area contributed by atoms with Crippen LogP contribution >= 0.6 is 11.3 Å². The molecule has 1 fully saturated rings. The molecule has 1 saturated carbocycles. The molecule has 2 amide bonds. The molecular formula is C15H23N3O2S. The van der Waals surface area contributed by atoms with E-state index < -0.39 is 11.8 Å². The predicted molar refractivity (Wildman–Crippen MR) is 84.3 cm³/mol. The first kappa shape index (κ1) is 15.9. The molecule has 0 radical (unpaired) electrons. The molecule has 1 aromatic rings. The molecule has 2 rings (SSSR count). The maximum atomic E-state index is 12.0. The van der Waals surface area contributed by atoms with Crippen molar-refractivity contribution in [2.24, 2.45) is 11.8 Å². The first-order valence-corrected chi connectivity index (χ1v) is 8.24. The number of hydrogen-bond acceptors (Lipinski definition) is 4. The summed E-state index contributed by atoms with van der Waals surface area (Å²) in [7, 11) is 0. The molecule has 116 valence electrons. The van der Waals surface area contributed by atoms with Crippen LogP contribution in [0.15, 0.2) is 0 Å². The standard InChI is InChI=1S/C15H23N3O2S/c1-8-5-6-12(7-9(8)2)17-13(19)14(20)18-15-10(3)16-11(4)21-15/h8-9,12H,5-7H2,1-4H3,(H,17,19)(H,18,20). The molecule has 5 nitrogen and oxygen atoms in total. The minimum atomic E-state index is -0.604. The van der Waals surface area contributed by atoms with Crippen LogP contribution in [0, 0.1) is 25.7 Å². The van der Waals surface area contributed by atoms with Gasteiger partial charge in [0.15, 0.2) is 0 Å². The molecule has 3 atom stereocenters. The number of hydrogen-bond donors (Lipinski definition) is 2. The molecule has 21 heavy (non-hydrogen) atoms. The Balaban J connectivity index is 1.88. The minimum Gasteiger partial charge on any atom is -0.345 e. The van der Waals surface area contributed by atoms with E-state index in [-0.39, 0.29) is 6.04 Å². The summed E-state index contributed by atoms with van der Waals surface area (Å²) >= 11 is 1.38. The number of carbonyl (C=O) groups excluding carboxylic acids is 2. The van der Waals surface area contributed by atoms with E-state index in [4.69, 9.17) is 0 Å². The maximum Gasteiger partial charge on any atom is 0.314 e. The van der Waals surface area contributed by atoms with E-state index in [1.807, 2.05) is 13.8 Å². The molecule has 1 heterocycles. The fraction of sp³-hybridized carbons (Fsp3) is 0.667. The lowest BCUT2D eigenvalue weighted by atomic mass is 9.79. The monoisotopic (exact) mass is 309 g/mol. The second kappa shape index (κ2) is 6.56. The lowest BCUT2D eigenvalue weighted by Gasteiger charge is -2.32. The van der Waals surface area contributed by atoms with Gasteiger partial charge in [0.25, 0.3) is 0 Å². The van der Waals surface area contributed by atoms with Crippen LogP contribution in [-0.2, 0) is 9.59 Å². The van der Waals surface area contributed by atoms with Crippen LogP contribution in [0.2, 0.25) is 0 Å². The Kier molecular flexibility index (Phi) is 4.98. The lowest BCUT2D eigenvalue weighted by Crippen LogP contribution is -2.44. The van der Waals surface area contributed by atoms with Gasteiger partial charge in [0.1, 0.15) is 5.00 Å². The van der Waals surface area contributed by atoms with Crippen LogP contribution in [0.25, 0.3) is 0 Å². The van der Waals surface area contributed by atoms with Crippen LogP contribution < -0.4 is 10.6 Å². The Morgan fingerprint density at radius 3 is 2.43 bits per heavy atom. The van der Waals surface area contributed by atoms with Crippen LogP contribution in [-0.4, -0.2) is 22.8 Å². The highest BCUT2D eigenvalue weighted by Crippen LogP contribution is 2.29. The number of nitrogens with zero attached hydrogens (tertiary/aromatic N) is 1. The molecule has 6 heteroatoms. The molecular weight excluding hydrogens is 286 g/mol. The molecule has 3 unspecified atom stereocenters. The summed E-state index contributed by atoms with van der Waals surface area (Å²) in [6, 6.07) is 0.110. The van der Waals surface area contributed by atoms with Gasteiger partial charge in [-0.25, -0.2) is 4.98 Å². The van der Waals surface area contributed by atoms with Crippen molar-refractivity contribution >= 4 is 28.2 Å². The van der Waals surface area contributed by atoms with E-state index in [9.17, 15) is 9.59 Å². The van der Waals surface area contributed by atoms with Gasteiger partial charge in [-0.15, -0.1) is 11.3 Å². The van der Waals surface area contributed by atoms with Gasteiger partial charge in [0, 0.05) is 6.04 Å². The Morgan fingerprint density at radius 1 is 1.14 bits per heavy atom. The topological polar surface area (TPSA) is 71.1 Å². The molecule has 0 aliphatic heterocycles. The number of carbonyl (C=O) groups is 2. The third kappa shape index (κ3) is 4.03. The predicted octanol–water partition coefficient (Wildman–Crippen LogP) is 2.64. The average Bonchev–Trinajstić information content (AvgIpc) is 2.72. The second-order valence-electron chi connectivity index (χ2n) is 6.04. The molecule has 1 aliphatic rings. The first-order valence-electron chi connectivity index (χ1n) is 7.42. The first-order chi connectivity index (χ1) is 9.86. The number of aromatic nitrogens is 1. The Bertz CT molecular complexity index is 541. The average molecular weight is 309 g/mol. The summed E-state index contributed by atoms with van der Waals surface area (Å²) in [6.07, 6.45) is 2.99. The van der Waals surface area contributed by atoms with E-state index >= 15 is 0 Å². The van der Waals surface area contributed by atoms with Crippen molar-refractivity contribution in [1.82, 2.24) is 10.3 Å². The minimum absolute atomic E-state index is 0.110. The zero-order valence-electron chi connectivity index (χ0n) is 13.0. The molecule has 0 saturated heterocycles. The molecule has 0 bridgehead atoms. The van der Waals surface area contributed by atoms with E-state index in [1.165, 1.54) is 11.3 Å². The van der Waals surface area contributed by atoms with Gasteiger partial charge in [0.2, 0.25) is 0 Å². The van der Waals surface area contributed by atoms with Gasteiger partial charge in [-0.1, -0.05) is 13.8 Å². The van der Waals surface area contributed by atoms with Crippen molar-refractivity contribution in [1.29, 1.82) is 0 Å². The van der Waals surface area contributed by atoms with Crippen molar-refractivity contribution in [2.75, 3.05) is 5.32 Å². The number of anilines is 1. The maximum absolute atomic E-state index is 12.0. The third-order valence-electron chi connectivity index (χ3n) is 4.27. The van der Waals surface area contributed by atoms with Gasteiger partial charge in [-0.05, 0) is 44.9 Å². The second-order valence-corrected chi connectivity index (χ2v) is 7.24. The number of thiazole rings is 1. The van der Waals surface area contributed by atoms with Crippen molar-refractivity contribution < 1.29 is 9.59 Å². The van der Waals surface area contributed by atoms with Crippen molar-refractivity contribution in [3.8, 4) is 0 Å². The summed E-state index contributed by atoms with van der Waals surface area (Å²) in [5, 5.41) is 7.02. The van der Waals surface area contributed by atoms with Crippen molar-refractivity contribution in [3.05, 3.63) is 10.7 Å². The van der Waals surface area contributed by atoms with Crippen molar-refractivity contribution in [2.45, 2.75) is 53.0 Å². The van der Waals surface area contributed by atoms with Crippen LogP contribution in [0.4, 0.5) is 5.00 Å². The summed E-state index contributed by atoms with van der Waals surface area (Å²) < 4.78 is 0. The smallest absolute Gasteiger partial charge is 0.314 e. The van der Waals surface area contributed by atoms with E-state index in [1.54, 1.807) is 0 Å². The third-order valence-corrected chi connectivity index (χ3v) is 5.26.